The van der Waals surface area contributed by atoms with Gasteiger partial charge in [0.25, 0.3) is 0 Å². The lowest BCUT2D eigenvalue weighted by molar-refractivity contribution is -0.00000584. The van der Waals surface area contributed by atoms with Gasteiger partial charge >= 0.3 is 0 Å². The molecule has 0 aliphatic rings. The van der Waals surface area contributed by atoms with Crippen LogP contribution in [0.3, 0.4) is 0 Å². The molecule has 0 spiro atoms. The number of anilines is 1. The van der Waals surface area contributed by atoms with Gasteiger partial charge in [-0.2, -0.15) is 0 Å². The van der Waals surface area contributed by atoms with Crippen LogP contribution in [0.15, 0.2) is 54.6 Å². The molecule has 3 nitrogen and oxygen atoms in total. The first kappa shape index (κ1) is 17.5. The Morgan fingerprint density at radius 1 is 1.00 bits per heavy atom. The third-order valence-corrected chi connectivity index (χ3v) is 3.30. The Labute approximate surface area is 133 Å². The maximum absolute atomic E-state index is 10.0. The smallest absolute Gasteiger partial charge is 0.0914 e. The minimum absolute atomic E-state index is 0. The van der Waals surface area contributed by atoms with E-state index in [4.69, 9.17) is 0 Å². The van der Waals surface area contributed by atoms with E-state index in [1.165, 1.54) is 11.3 Å². The number of halogens is 1. The van der Waals surface area contributed by atoms with Crippen molar-refractivity contribution >= 4 is 5.69 Å². The summed E-state index contributed by atoms with van der Waals surface area (Å²) in [6.45, 7) is 1.32. The minimum Gasteiger partial charge on any atom is -1.00 e. The fraction of sp³-hybridized carbons (Fsp3) is 0.294. The van der Waals surface area contributed by atoms with Crippen LogP contribution in [0, 0.1) is 0 Å². The molecule has 0 fully saturated rings. The van der Waals surface area contributed by atoms with E-state index in [9.17, 15) is 5.11 Å². The maximum Gasteiger partial charge on any atom is 0.0914 e. The molecule has 0 bridgehead atoms. The predicted molar refractivity (Wildman–Crippen MR) is 83.9 cm³/mol. The Bertz CT molecular complexity index is 514. The van der Waals surface area contributed by atoms with E-state index in [1.807, 2.05) is 44.4 Å². The molecule has 0 amide bonds. The van der Waals surface area contributed by atoms with Crippen LogP contribution in [-0.2, 0) is 6.54 Å². The summed E-state index contributed by atoms with van der Waals surface area (Å²) in [5, 5.41) is 13.3. The lowest BCUT2D eigenvalue weighted by atomic mass is 10.1. The second kappa shape index (κ2) is 8.67. The predicted octanol–water partition coefficient (Wildman–Crippen LogP) is -0.420. The van der Waals surface area contributed by atoms with Crippen LogP contribution in [0.25, 0.3) is 0 Å². The molecule has 1 atom stereocenters. The summed E-state index contributed by atoms with van der Waals surface area (Å²) in [6.07, 6.45) is -0.461. The van der Waals surface area contributed by atoms with Gasteiger partial charge in [-0.05, 0) is 23.3 Å². The minimum atomic E-state index is -0.461. The van der Waals surface area contributed by atoms with E-state index in [-0.39, 0.29) is 12.4 Å². The molecule has 2 rings (SSSR count). The van der Waals surface area contributed by atoms with Crippen LogP contribution in [0.2, 0.25) is 0 Å². The summed E-state index contributed by atoms with van der Waals surface area (Å²) in [4.78, 5) is 2.08. The van der Waals surface area contributed by atoms with Crippen molar-refractivity contribution < 1.29 is 17.5 Å². The second-order valence-electron chi connectivity index (χ2n) is 5.12. The molecule has 2 N–H and O–H groups in total. The Morgan fingerprint density at radius 3 is 2.19 bits per heavy atom. The number of aliphatic hydroxyl groups is 1. The third-order valence-electron chi connectivity index (χ3n) is 3.30. The Kier molecular flexibility index (Phi) is 7.23. The van der Waals surface area contributed by atoms with Crippen LogP contribution in [0.4, 0.5) is 5.69 Å². The van der Waals surface area contributed by atoms with Crippen molar-refractivity contribution in [2.75, 3.05) is 25.5 Å². The number of hydrogen-bond acceptors (Lipinski definition) is 3. The maximum atomic E-state index is 10.0. The van der Waals surface area contributed by atoms with Gasteiger partial charge in [-0.15, -0.1) is 0 Å². The highest BCUT2D eigenvalue weighted by Crippen LogP contribution is 2.13. The molecular formula is C17H22ClN2O-. The summed E-state index contributed by atoms with van der Waals surface area (Å²) in [7, 11) is 4.06. The molecule has 0 heterocycles. The lowest BCUT2D eigenvalue weighted by Crippen LogP contribution is -3.00. The first-order valence-corrected chi connectivity index (χ1v) is 6.87. The van der Waals surface area contributed by atoms with E-state index >= 15 is 0 Å². The molecule has 1 unspecified atom stereocenters. The Hall–Kier alpha value is -1.55. The van der Waals surface area contributed by atoms with Crippen molar-refractivity contribution in [1.82, 2.24) is 5.32 Å². The van der Waals surface area contributed by atoms with Crippen LogP contribution in [0.5, 0.6) is 0 Å². The number of benzene rings is 2. The number of aliphatic hydroxyl groups excluding tert-OH is 1. The zero-order valence-electron chi connectivity index (χ0n) is 12.5. The van der Waals surface area contributed by atoms with Crippen molar-refractivity contribution in [2.45, 2.75) is 12.6 Å². The molecule has 0 aromatic heterocycles. The second-order valence-corrected chi connectivity index (χ2v) is 5.12. The fourth-order valence-corrected chi connectivity index (χ4v) is 2.06. The number of hydrogen-bond donors (Lipinski definition) is 2. The topological polar surface area (TPSA) is 35.5 Å². The van der Waals surface area contributed by atoms with Crippen LogP contribution in [0.1, 0.15) is 17.2 Å². The van der Waals surface area contributed by atoms with E-state index in [2.05, 4.69) is 34.5 Å². The fourth-order valence-electron chi connectivity index (χ4n) is 2.06. The normalized spacial score (nSPS) is 11.6. The van der Waals surface area contributed by atoms with Gasteiger partial charge < -0.3 is 27.7 Å². The van der Waals surface area contributed by atoms with Crippen LogP contribution in [-0.4, -0.2) is 25.7 Å². The number of rotatable bonds is 6. The highest BCUT2D eigenvalue weighted by atomic mass is 35.5. The molecule has 2 aromatic carbocycles. The Balaban J connectivity index is 0.00000220. The molecule has 2 aromatic rings. The zero-order valence-corrected chi connectivity index (χ0v) is 13.2. The molecule has 4 heteroatoms. The van der Waals surface area contributed by atoms with E-state index in [0.717, 1.165) is 12.1 Å². The van der Waals surface area contributed by atoms with Gasteiger partial charge in [0.15, 0.2) is 0 Å². The van der Waals surface area contributed by atoms with Gasteiger partial charge in [-0.25, -0.2) is 0 Å². The van der Waals surface area contributed by atoms with Crippen molar-refractivity contribution in [3.63, 3.8) is 0 Å². The van der Waals surface area contributed by atoms with Gasteiger partial charge in [0.1, 0.15) is 0 Å². The van der Waals surface area contributed by atoms with Crippen LogP contribution < -0.4 is 22.6 Å². The average molecular weight is 306 g/mol. The van der Waals surface area contributed by atoms with Gasteiger partial charge in [0, 0.05) is 32.9 Å². The molecule has 0 saturated carbocycles. The molecule has 21 heavy (non-hydrogen) atoms. The molecule has 0 aliphatic carbocycles. The summed E-state index contributed by atoms with van der Waals surface area (Å²) in [6, 6.07) is 18.1. The molecular weight excluding hydrogens is 284 g/mol. The van der Waals surface area contributed by atoms with Crippen molar-refractivity contribution in [3.8, 4) is 0 Å². The molecule has 0 radical (unpaired) electrons. The summed E-state index contributed by atoms with van der Waals surface area (Å²) >= 11 is 0. The van der Waals surface area contributed by atoms with E-state index in [1.54, 1.807) is 0 Å². The summed E-state index contributed by atoms with van der Waals surface area (Å²) in [5.74, 6) is 0. The quantitative estimate of drug-likeness (QED) is 0.761. The molecule has 0 saturated heterocycles. The van der Waals surface area contributed by atoms with Crippen molar-refractivity contribution in [3.05, 3.63) is 65.7 Å². The third kappa shape index (κ3) is 5.38. The lowest BCUT2D eigenvalue weighted by Gasteiger charge is -2.14. The van der Waals surface area contributed by atoms with E-state index < -0.39 is 6.10 Å². The molecule has 114 valence electrons. The highest BCUT2D eigenvalue weighted by molar-refractivity contribution is 5.45. The van der Waals surface area contributed by atoms with Crippen molar-refractivity contribution in [2.24, 2.45) is 0 Å². The van der Waals surface area contributed by atoms with Crippen molar-refractivity contribution in [1.29, 1.82) is 0 Å². The SMILES string of the molecule is CN(C)c1ccc(CNCC(O)c2ccccc2)cc1.[Cl-]. The number of nitrogens with one attached hydrogen (secondary N) is 1. The standard InChI is InChI=1S/C17H22N2O.ClH/c1-19(2)16-10-8-14(9-11-16)12-18-13-17(20)15-6-4-3-5-7-15;/h3-11,17-18,20H,12-13H2,1-2H3;1H/p-1. The summed E-state index contributed by atoms with van der Waals surface area (Å²) in [5.41, 5.74) is 3.36. The monoisotopic (exact) mass is 305 g/mol. The highest BCUT2D eigenvalue weighted by Gasteiger charge is 2.05. The largest absolute Gasteiger partial charge is 1.00 e. The van der Waals surface area contributed by atoms with Gasteiger partial charge in [0.05, 0.1) is 6.10 Å². The van der Waals surface area contributed by atoms with Gasteiger partial charge in [-0.3, -0.25) is 0 Å². The molecule has 0 aliphatic heterocycles. The Morgan fingerprint density at radius 2 is 1.62 bits per heavy atom. The average Bonchev–Trinajstić information content (AvgIpc) is 2.48. The van der Waals surface area contributed by atoms with Gasteiger partial charge in [-0.1, -0.05) is 42.5 Å². The zero-order chi connectivity index (χ0) is 14.4. The van der Waals surface area contributed by atoms with Crippen LogP contribution >= 0.6 is 0 Å². The first-order valence-electron chi connectivity index (χ1n) is 6.87. The number of nitrogens with zero attached hydrogens (tertiary/aromatic N) is 1. The first-order chi connectivity index (χ1) is 9.66. The summed E-state index contributed by atoms with van der Waals surface area (Å²) < 4.78 is 0. The van der Waals surface area contributed by atoms with Gasteiger partial charge in [0.2, 0.25) is 0 Å². The van der Waals surface area contributed by atoms with E-state index in [0.29, 0.717) is 6.54 Å².